The van der Waals surface area contributed by atoms with Crippen LogP contribution in [0.1, 0.15) is 18.5 Å². The van der Waals surface area contributed by atoms with Crippen molar-refractivity contribution in [2.75, 3.05) is 0 Å². The first-order valence-electron chi connectivity index (χ1n) is 5.66. The maximum absolute atomic E-state index is 13.7. The van der Waals surface area contributed by atoms with E-state index in [1.54, 1.807) is 13.0 Å². The summed E-state index contributed by atoms with van der Waals surface area (Å²) in [4.78, 5) is 0. The molecule has 0 bridgehead atoms. The predicted molar refractivity (Wildman–Crippen MR) is 70.5 cm³/mol. The Balaban J connectivity index is 2.44. The highest BCUT2D eigenvalue weighted by molar-refractivity contribution is 6.30. The molecule has 0 aliphatic carbocycles. The van der Waals surface area contributed by atoms with Gasteiger partial charge in [0.15, 0.2) is 11.6 Å². The van der Waals surface area contributed by atoms with Crippen molar-refractivity contribution >= 4 is 11.6 Å². The third kappa shape index (κ3) is 2.85. The third-order valence-electron chi connectivity index (χ3n) is 2.60. The smallest absolute Gasteiger partial charge is 0.184 e. The van der Waals surface area contributed by atoms with Gasteiger partial charge >= 0.3 is 0 Å². The first kappa shape index (κ1) is 13.8. The molecule has 19 heavy (non-hydrogen) atoms. The third-order valence-corrected chi connectivity index (χ3v) is 2.90. The Labute approximate surface area is 114 Å². The lowest BCUT2D eigenvalue weighted by Crippen LogP contribution is -2.09. The molecule has 0 saturated carbocycles. The zero-order valence-electron chi connectivity index (χ0n) is 10.2. The van der Waals surface area contributed by atoms with Crippen LogP contribution in [0.3, 0.4) is 0 Å². The Morgan fingerprint density at radius 3 is 2.42 bits per heavy atom. The molecule has 2 aromatic rings. The summed E-state index contributed by atoms with van der Waals surface area (Å²) in [5.74, 6) is -1.07. The number of hydrogen-bond acceptors (Lipinski definition) is 2. The van der Waals surface area contributed by atoms with E-state index in [-0.39, 0.29) is 22.1 Å². The standard InChI is InChI=1S/C14H12ClF2NO/c1-8(18)13-10(16)5-3-6-11(13)19-12-7-2-4-9(15)14(12)17/h2-8H,18H2,1H3. The van der Waals surface area contributed by atoms with Crippen molar-refractivity contribution in [3.8, 4) is 11.5 Å². The molecule has 1 unspecified atom stereocenters. The minimum absolute atomic E-state index is 0.0590. The minimum Gasteiger partial charge on any atom is -0.454 e. The fraction of sp³-hybridized carbons (Fsp3) is 0.143. The normalized spacial score (nSPS) is 12.3. The number of ether oxygens (including phenoxy) is 1. The maximum atomic E-state index is 13.7. The fourth-order valence-corrected chi connectivity index (χ4v) is 1.90. The average molecular weight is 284 g/mol. The highest BCUT2D eigenvalue weighted by atomic mass is 35.5. The molecule has 1 atom stereocenters. The highest BCUT2D eigenvalue weighted by Crippen LogP contribution is 2.33. The van der Waals surface area contributed by atoms with Gasteiger partial charge in [0, 0.05) is 11.6 Å². The van der Waals surface area contributed by atoms with Crippen LogP contribution in [0.5, 0.6) is 11.5 Å². The number of halogens is 3. The Hall–Kier alpha value is -1.65. The molecule has 2 aromatic carbocycles. The molecule has 2 nitrogen and oxygen atoms in total. The van der Waals surface area contributed by atoms with Crippen LogP contribution in [0.4, 0.5) is 8.78 Å². The van der Waals surface area contributed by atoms with Crippen molar-refractivity contribution in [1.29, 1.82) is 0 Å². The van der Waals surface area contributed by atoms with Gasteiger partial charge in [-0.1, -0.05) is 23.7 Å². The molecule has 100 valence electrons. The van der Waals surface area contributed by atoms with E-state index in [1.807, 2.05) is 0 Å². The number of benzene rings is 2. The minimum atomic E-state index is -0.691. The van der Waals surface area contributed by atoms with Crippen molar-refractivity contribution < 1.29 is 13.5 Å². The van der Waals surface area contributed by atoms with E-state index in [0.29, 0.717) is 0 Å². The molecule has 0 radical (unpaired) electrons. The van der Waals surface area contributed by atoms with Crippen molar-refractivity contribution in [3.05, 3.63) is 58.6 Å². The molecule has 0 heterocycles. The fourth-order valence-electron chi connectivity index (χ4n) is 1.73. The Morgan fingerprint density at radius 2 is 1.74 bits per heavy atom. The second-order valence-corrected chi connectivity index (χ2v) is 4.50. The van der Waals surface area contributed by atoms with E-state index in [1.165, 1.54) is 30.3 Å². The van der Waals surface area contributed by atoms with Gasteiger partial charge in [-0.25, -0.2) is 8.78 Å². The molecule has 0 amide bonds. The maximum Gasteiger partial charge on any atom is 0.184 e. The SMILES string of the molecule is CC(N)c1c(F)cccc1Oc1cccc(Cl)c1F. The second kappa shape index (κ2) is 5.55. The van der Waals surface area contributed by atoms with Crippen LogP contribution in [0.25, 0.3) is 0 Å². The van der Waals surface area contributed by atoms with Crippen molar-refractivity contribution in [1.82, 2.24) is 0 Å². The van der Waals surface area contributed by atoms with Crippen LogP contribution in [0, 0.1) is 11.6 Å². The summed E-state index contributed by atoms with van der Waals surface area (Å²) in [6.07, 6.45) is 0. The van der Waals surface area contributed by atoms with E-state index in [9.17, 15) is 8.78 Å². The van der Waals surface area contributed by atoms with E-state index in [2.05, 4.69) is 0 Å². The zero-order valence-corrected chi connectivity index (χ0v) is 10.9. The van der Waals surface area contributed by atoms with Crippen LogP contribution in [-0.4, -0.2) is 0 Å². The number of nitrogens with two attached hydrogens (primary N) is 1. The summed E-state index contributed by atoms with van der Waals surface area (Å²) < 4.78 is 32.8. The topological polar surface area (TPSA) is 35.2 Å². The molecular formula is C14H12ClF2NO. The van der Waals surface area contributed by atoms with Crippen LogP contribution < -0.4 is 10.5 Å². The molecule has 0 saturated heterocycles. The Kier molecular flexibility index (Phi) is 4.02. The van der Waals surface area contributed by atoms with Gasteiger partial charge in [0.2, 0.25) is 0 Å². The predicted octanol–water partition coefficient (Wildman–Crippen LogP) is 4.43. The summed E-state index contributed by atoms with van der Waals surface area (Å²) >= 11 is 5.66. The summed E-state index contributed by atoms with van der Waals surface area (Å²) in [7, 11) is 0. The number of hydrogen-bond donors (Lipinski definition) is 1. The molecule has 5 heteroatoms. The van der Waals surface area contributed by atoms with Gasteiger partial charge < -0.3 is 10.5 Å². The van der Waals surface area contributed by atoms with E-state index in [0.717, 1.165) is 0 Å². The van der Waals surface area contributed by atoms with Gasteiger partial charge in [-0.3, -0.25) is 0 Å². The van der Waals surface area contributed by atoms with E-state index < -0.39 is 17.7 Å². The van der Waals surface area contributed by atoms with Crippen LogP contribution in [0.2, 0.25) is 5.02 Å². The first-order chi connectivity index (χ1) is 9.00. The zero-order chi connectivity index (χ0) is 14.0. The van der Waals surface area contributed by atoms with Crippen LogP contribution in [0.15, 0.2) is 36.4 Å². The summed E-state index contributed by atoms with van der Waals surface area (Å²) in [6, 6.07) is 8.07. The summed E-state index contributed by atoms with van der Waals surface area (Å²) in [5.41, 5.74) is 5.89. The Morgan fingerprint density at radius 1 is 1.11 bits per heavy atom. The van der Waals surface area contributed by atoms with Gasteiger partial charge in [0.1, 0.15) is 11.6 Å². The largest absolute Gasteiger partial charge is 0.454 e. The Bertz CT molecular complexity index is 602. The van der Waals surface area contributed by atoms with Gasteiger partial charge in [-0.05, 0) is 31.2 Å². The van der Waals surface area contributed by atoms with Gasteiger partial charge in [-0.2, -0.15) is 0 Å². The highest BCUT2D eigenvalue weighted by Gasteiger charge is 2.16. The van der Waals surface area contributed by atoms with E-state index in [4.69, 9.17) is 22.1 Å². The first-order valence-corrected chi connectivity index (χ1v) is 6.04. The molecule has 0 aromatic heterocycles. The van der Waals surface area contributed by atoms with Crippen molar-refractivity contribution in [2.24, 2.45) is 5.73 Å². The van der Waals surface area contributed by atoms with Crippen LogP contribution in [-0.2, 0) is 0 Å². The average Bonchev–Trinajstić information content (AvgIpc) is 2.34. The van der Waals surface area contributed by atoms with Gasteiger partial charge in [-0.15, -0.1) is 0 Å². The van der Waals surface area contributed by atoms with Crippen molar-refractivity contribution in [3.63, 3.8) is 0 Å². The van der Waals surface area contributed by atoms with Crippen molar-refractivity contribution in [2.45, 2.75) is 13.0 Å². The van der Waals surface area contributed by atoms with Gasteiger partial charge in [0.25, 0.3) is 0 Å². The molecule has 0 aliphatic rings. The quantitative estimate of drug-likeness (QED) is 0.904. The molecular weight excluding hydrogens is 272 g/mol. The molecule has 2 N–H and O–H groups in total. The molecule has 2 rings (SSSR count). The molecule has 0 aliphatic heterocycles. The molecule has 0 spiro atoms. The lowest BCUT2D eigenvalue weighted by atomic mass is 10.1. The van der Waals surface area contributed by atoms with E-state index >= 15 is 0 Å². The summed E-state index contributed by atoms with van der Waals surface area (Å²) in [5, 5.41) is -0.0590. The monoisotopic (exact) mass is 283 g/mol. The lowest BCUT2D eigenvalue weighted by molar-refractivity contribution is 0.428. The number of rotatable bonds is 3. The van der Waals surface area contributed by atoms with Crippen LogP contribution >= 0.6 is 11.6 Å². The second-order valence-electron chi connectivity index (χ2n) is 4.09. The summed E-state index contributed by atoms with van der Waals surface area (Å²) in [6.45, 7) is 1.62. The van der Waals surface area contributed by atoms with Gasteiger partial charge in [0.05, 0.1) is 5.02 Å². The lowest BCUT2D eigenvalue weighted by Gasteiger charge is -2.15. The molecule has 0 fully saturated rings.